The van der Waals surface area contributed by atoms with E-state index in [9.17, 15) is 9.90 Å². The van der Waals surface area contributed by atoms with Gasteiger partial charge in [-0.15, -0.1) is 0 Å². The van der Waals surface area contributed by atoms with Crippen molar-refractivity contribution in [2.45, 2.75) is 6.92 Å². The topological polar surface area (TPSA) is 40.5 Å². The maximum atomic E-state index is 11.5. The van der Waals surface area contributed by atoms with Crippen LogP contribution in [0.2, 0.25) is 0 Å². The number of carbonyl (C=O) groups excluding carboxylic acids is 1. The number of allylic oxidation sites excluding steroid dienone is 2. The summed E-state index contributed by atoms with van der Waals surface area (Å²) in [7, 11) is 0. The van der Waals surface area contributed by atoms with E-state index in [0.717, 1.165) is 11.1 Å². The van der Waals surface area contributed by atoms with E-state index >= 15 is 0 Å². The van der Waals surface area contributed by atoms with Gasteiger partial charge in [0.15, 0.2) is 0 Å². The lowest BCUT2D eigenvalue weighted by Gasteiger charge is -2.12. The van der Waals surface area contributed by atoms with Crippen molar-refractivity contribution in [3.05, 3.63) is 47.4 Å². The summed E-state index contributed by atoms with van der Waals surface area (Å²) in [5.74, 6) is 0.189. The second-order valence-electron chi connectivity index (χ2n) is 3.54. The van der Waals surface area contributed by atoms with Gasteiger partial charge in [0, 0.05) is 11.8 Å². The first kappa shape index (κ1) is 8.81. The first-order valence-corrected chi connectivity index (χ1v) is 4.38. The average molecular weight is 189 g/mol. The number of fused-ring (bicyclic) bond motifs is 1. The van der Waals surface area contributed by atoms with Gasteiger partial charge < -0.3 is 10.0 Å². The van der Waals surface area contributed by atoms with Crippen LogP contribution in [0, 0.1) is 0 Å². The van der Waals surface area contributed by atoms with E-state index in [2.05, 4.69) is 6.58 Å². The van der Waals surface area contributed by atoms with Gasteiger partial charge in [-0.3, -0.25) is 4.79 Å². The highest BCUT2D eigenvalue weighted by Crippen LogP contribution is 2.29. The lowest BCUT2D eigenvalue weighted by Crippen LogP contribution is -2.24. The van der Waals surface area contributed by atoms with Crippen LogP contribution in [0.5, 0.6) is 0 Å². The summed E-state index contributed by atoms with van der Waals surface area (Å²) < 4.78 is 0. The predicted octanol–water partition coefficient (Wildman–Crippen LogP) is 1.67. The highest BCUT2D eigenvalue weighted by Gasteiger charge is 2.25. The SMILES string of the molecule is C=C(C)C(=O)N1C=C2C=C(O)C=C2C1. The molecule has 1 N–H and O–H groups in total. The summed E-state index contributed by atoms with van der Waals surface area (Å²) >= 11 is 0. The summed E-state index contributed by atoms with van der Waals surface area (Å²) in [5, 5.41) is 9.19. The van der Waals surface area contributed by atoms with Crippen LogP contribution in [0.25, 0.3) is 0 Å². The zero-order valence-electron chi connectivity index (χ0n) is 7.95. The van der Waals surface area contributed by atoms with Crippen molar-refractivity contribution in [2.24, 2.45) is 0 Å². The molecule has 1 heterocycles. The molecule has 0 radical (unpaired) electrons. The molecular weight excluding hydrogens is 178 g/mol. The number of nitrogens with zero attached hydrogens (tertiary/aromatic N) is 1. The first-order valence-electron chi connectivity index (χ1n) is 4.38. The molecule has 0 atom stereocenters. The van der Waals surface area contributed by atoms with Gasteiger partial charge in [0.25, 0.3) is 5.91 Å². The van der Waals surface area contributed by atoms with Gasteiger partial charge >= 0.3 is 0 Å². The fourth-order valence-corrected chi connectivity index (χ4v) is 1.59. The smallest absolute Gasteiger partial charge is 0.253 e. The van der Waals surface area contributed by atoms with Crippen LogP contribution in [0.15, 0.2) is 47.4 Å². The maximum Gasteiger partial charge on any atom is 0.253 e. The molecule has 3 heteroatoms. The lowest BCUT2D eigenvalue weighted by molar-refractivity contribution is -0.124. The number of carbonyl (C=O) groups is 1. The zero-order chi connectivity index (χ0) is 10.3. The van der Waals surface area contributed by atoms with E-state index in [0.29, 0.717) is 12.1 Å². The Hall–Kier alpha value is -1.77. The fraction of sp³-hybridized carbons (Fsp3) is 0.182. The molecule has 0 saturated carbocycles. The largest absolute Gasteiger partial charge is 0.508 e. The van der Waals surface area contributed by atoms with Crippen molar-refractivity contribution in [3.63, 3.8) is 0 Å². The minimum Gasteiger partial charge on any atom is -0.508 e. The molecule has 0 aromatic rings. The predicted molar refractivity (Wildman–Crippen MR) is 53.4 cm³/mol. The lowest BCUT2D eigenvalue weighted by atomic mass is 10.2. The van der Waals surface area contributed by atoms with Gasteiger partial charge in [-0.1, -0.05) is 6.58 Å². The van der Waals surface area contributed by atoms with Crippen LogP contribution < -0.4 is 0 Å². The Bertz CT molecular complexity index is 413. The molecule has 1 aliphatic carbocycles. The molecule has 0 unspecified atom stereocenters. The van der Waals surface area contributed by atoms with Gasteiger partial charge in [-0.25, -0.2) is 0 Å². The quantitative estimate of drug-likeness (QED) is 0.637. The Labute approximate surface area is 82.3 Å². The molecule has 2 aliphatic rings. The highest BCUT2D eigenvalue weighted by atomic mass is 16.3. The summed E-state index contributed by atoms with van der Waals surface area (Å²) in [6.45, 7) is 5.82. The molecule has 0 aromatic heterocycles. The Kier molecular flexibility index (Phi) is 1.81. The number of hydrogen-bond acceptors (Lipinski definition) is 2. The summed E-state index contributed by atoms with van der Waals surface area (Å²) in [6.07, 6.45) is 5.07. The number of aliphatic hydroxyl groups is 1. The van der Waals surface area contributed by atoms with Crippen LogP contribution in [-0.4, -0.2) is 22.5 Å². The van der Waals surface area contributed by atoms with Gasteiger partial charge in [-0.05, 0) is 30.2 Å². The van der Waals surface area contributed by atoms with Crippen molar-refractivity contribution in [3.8, 4) is 0 Å². The molecule has 14 heavy (non-hydrogen) atoms. The maximum absolute atomic E-state index is 11.5. The second kappa shape index (κ2) is 2.87. The summed E-state index contributed by atoms with van der Waals surface area (Å²) in [6, 6.07) is 0. The monoisotopic (exact) mass is 189 g/mol. The highest BCUT2D eigenvalue weighted by molar-refractivity contribution is 5.94. The van der Waals surface area contributed by atoms with E-state index < -0.39 is 0 Å². The molecule has 2 rings (SSSR count). The van der Waals surface area contributed by atoms with Crippen LogP contribution in [-0.2, 0) is 4.79 Å². The number of aliphatic hydroxyl groups excluding tert-OH is 1. The third-order valence-corrected chi connectivity index (χ3v) is 2.26. The molecule has 3 nitrogen and oxygen atoms in total. The Morgan fingerprint density at radius 2 is 2.29 bits per heavy atom. The number of rotatable bonds is 1. The number of amides is 1. The van der Waals surface area contributed by atoms with Crippen molar-refractivity contribution in [1.82, 2.24) is 4.90 Å². The standard InChI is InChI=1S/C11H11NO2/c1-7(2)11(14)12-5-8-3-10(13)4-9(8)6-12/h3-5,13H,1,6H2,2H3. The molecule has 1 amide bonds. The fourth-order valence-electron chi connectivity index (χ4n) is 1.59. The molecule has 0 saturated heterocycles. The molecule has 1 aliphatic heterocycles. The third kappa shape index (κ3) is 1.27. The van der Waals surface area contributed by atoms with Crippen molar-refractivity contribution >= 4 is 5.91 Å². The minimum atomic E-state index is -0.0688. The van der Waals surface area contributed by atoms with E-state index in [1.165, 1.54) is 0 Å². The second-order valence-corrected chi connectivity index (χ2v) is 3.54. The normalized spacial score (nSPS) is 18.6. The number of hydrogen-bond donors (Lipinski definition) is 1. The van der Waals surface area contributed by atoms with Crippen LogP contribution >= 0.6 is 0 Å². The van der Waals surface area contributed by atoms with E-state index in [1.807, 2.05) is 0 Å². The van der Waals surface area contributed by atoms with E-state index in [4.69, 9.17) is 0 Å². The van der Waals surface area contributed by atoms with Gasteiger partial charge in [0.1, 0.15) is 5.76 Å². The molecule has 72 valence electrons. The Morgan fingerprint density at radius 1 is 1.57 bits per heavy atom. The molecule has 0 bridgehead atoms. The van der Waals surface area contributed by atoms with Gasteiger partial charge in [0.05, 0.1) is 6.54 Å². The van der Waals surface area contributed by atoms with Crippen molar-refractivity contribution in [1.29, 1.82) is 0 Å². The Balaban J connectivity index is 2.22. The van der Waals surface area contributed by atoms with Crippen LogP contribution in [0.1, 0.15) is 6.92 Å². The van der Waals surface area contributed by atoms with E-state index in [1.54, 1.807) is 30.2 Å². The van der Waals surface area contributed by atoms with Crippen molar-refractivity contribution in [2.75, 3.05) is 6.54 Å². The molecule has 0 fully saturated rings. The van der Waals surface area contributed by atoms with Crippen molar-refractivity contribution < 1.29 is 9.90 Å². The van der Waals surface area contributed by atoms with Gasteiger partial charge in [0.2, 0.25) is 0 Å². The average Bonchev–Trinajstić information content (AvgIpc) is 2.59. The van der Waals surface area contributed by atoms with E-state index in [-0.39, 0.29) is 11.7 Å². The van der Waals surface area contributed by atoms with Crippen LogP contribution in [0.4, 0.5) is 0 Å². The molecular formula is C11H11NO2. The van der Waals surface area contributed by atoms with Gasteiger partial charge in [-0.2, -0.15) is 0 Å². The summed E-state index contributed by atoms with van der Waals surface area (Å²) in [4.78, 5) is 13.1. The zero-order valence-corrected chi connectivity index (χ0v) is 7.95. The molecule has 0 aromatic carbocycles. The summed E-state index contributed by atoms with van der Waals surface area (Å²) in [5.41, 5.74) is 2.42. The minimum absolute atomic E-state index is 0.0688. The third-order valence-electron chi connectivity index (χ3n) is 2.26. The van der Waals surface area contributed by atoms with Crippen LogP contribution in [0.3, 0.4) is 0 Å². The molecule has 0 spiro atoms. The Morgan fingerprint density at radius 3 is 2.86 bits per heavy atom. The first-order chi connectivity index (χ1) is 6.58.